The van der Waals surface area contributed by atoms with Crippen molar-refractivity contribution in [1.29, 1.82) is 0 Å². The molecule has 2 aromatic carbocycles. The third kappa shape index (κ3) is 4.02. The van der Waals surface area contributed by atoms with Gasteiger partial charge < -0.3 is 20.1 Å². The number of ether oxygens (including phenoxy) is 2. The number of hydrogen-bond acceptors (Lipinski definition) is 4. The molecule has 0 radical (unpaired) electrons. The number of amides is 1. The molecule has 2 aromatic rings. The van der Waals surface area contributed by atoms with Gasteiger partial charge in [-0.25, -0.2) is 0 Å². The molecule has 120 valence electrons. The molecular weight excluding hydrogens is 292 g/mol. The van der Waals surface area contributed by atoms with E-state index in [1.54, 1.807) is 0 Å². The Kier molecular flexibility index (Phi) is 4.78. The van der Waals surface area contributed by atoms with E-state index >= 15 is 0 Å². The molecule has 5 nitrogen and oxygen atoms in total. The monoisotopic (exact) mass is 312 g/mol. The van der Waals surface area contributed by atoms with Crippen LogP contribution in [0.4, 0.5) is 5.69 Å². The predicted octanol–water partition coefficient (Wildman–Crippen LogP) is 2.84. The summed E-state index contributed by atoms with van der Waals surface area (Å²) in [5.74, 6) is 1.57. The van der Waals surface area contributed by atoms with Gasteiger partial charge in [-0.2, -0.15) is 0 Å². The van der Waals surface area contributed by atoms with E-state index in [9.17, 15) is 4.79 Å². The van der Waals surface area contributed by atoms with E-state index in [0.29, 0.717) is 19.5 Å². The number of aryl methyl sites for hydroxylation is 1. The Morgan fingerprint density at radius 2 is 1.96 bits per heavy atom. The number of rotatable bonds is 6. The topological polar surface area (TPSA) is 59.6 Å². The first-order chi connectivity index (χ1) is 11.2. The second-order valence-corrected chi connectivity index (χ2v) is 5.48. The van der Waals surface area contributed by atoms with E-state index < -0.39 is 0 Å². The summed E-state index contributed by atoms with van der Waals surface area (Å²) < 4.78 is 10.6. The van der Waals surface area contributed by atoms with E-state index in [1.165, 1.54) is 0 Å². The van der Waals surface area contributed by atoms with Crippen LogP contribution in [0, 0.1) is 6.92 Å². The highest BCUT2D eigenvalue weighted by atomic mass is 16.7. The van der Waals surface area contributed by atoms with Crippen LogP contribution in [0.25, 0.3) is 0 Å². The lowest BCUT2D eigenvalue weighted by atomic mass is 10.2. The van der Waals surface area contributed by atoms with Crippen molar-refractivity contribution in [2.75, 3.05) is 18.7 Å². The van der Waals surface area contributed by atoms with Gasteiger partial charge in [0.1, 0.15) is 0 Å². The fourth-order valence-corrected chi connectivity index (χ4v) is 2.41. The van der Waals surface area contributed by atoms with Gasteiger partial charge in [-0.15, -0.1) is 0 Å². The van der Waals surface area contributed by atoms with Crippen LogP contribution in [-0.2, 0) is 11.3 Å². The first kappa shape index (κ1) is 15.4. The highest BCUT2D eigenvalue weighted by Crippen LogP contribution is 2.32. The molecule has 0 spiro atoms. The van der Waals surface area contributed by atoms with Gasteiger partial charge in [-0.05, 0) is 36.2 Å². The van der Waals surface area contributed by atoms with Crippen molar-refractivity contribution in [3.63, 3.8) is 0 Å². The van der Waals surface area contributed by atoms with Gasteiger partial charge in [0.15, 0.2) is 11.5 Å². The van der Waals surface area contributed by atoms with Gasteiger partial charge in [0.25, 0.3) is 0 Å². The van der Waals surface area contributed by atoms with Crippen molar-refractivity contribution in [3.8, 4) is 11.5 Å². The fourth-order valence-electron chi connectivity index (χ4n) is 2.41. The van der Waals surface area contributed by atoms with Crippen molar-refractivity contribution in [1.82, 2.24) is 5.32 Å². The summed E-state index contributed by atoms with van der Waals surface area (Å²) in [5.41, 5.74) is 3.04. The number of nitrogens with one attached hydrogen (secondary N) is 2. The predicted molar refractivity (Wildman–Crippen MR) is 88.7 cm³/mol. The van der Waals surface area contributed by atoms with Crippen molar-refractivity contribution in [3.05, 3.63) is 53.6 Å². The molecule has 0 unspecified atom stereocenters. The summed E-state index contributed by atoms with van der Waals surface area (Å²) >= 11 is 0. The molecule has 0 atom stereocenters. The summed E-state index contributed by atoms with van der Waals surface area (Å²) in [4.78, 5) is 11.9. The lowest BCUT2D eigenvalue weighted by Gasteiger charge is -2.09. The zero-order valence-electron chi connectivity index (χ0n) is 13.1. The Morgan fingerprint density at radius 3 is 2.83 bits per heavy atom. The molecule has 0 saturated heterocycles. The standard InChI is InChI=1S/C18H20N2O3/c1-13-4-2-3-5-15(13)20-18(21)8-9-19-11-14-6-7-16-17(10-14)23-12-22-16/h2-7,10,19H,8-9,11-12H2,1H3,(H,20,21). The van der Waals surface area contributed by atoms with Crippen LogP contribution in [0.5, 0.6) is 11.5 Å². The number of hydrogen-bond donors (Lipinski definition) is 2. The fraction of sp³-hybridized carbons (Fsp3) is 0.278. The number of fused-ring (bicyclic) bond motifs is 1. The molecule has 0 fully saturated rings. The van der Waals surface area contributed by atoms with Crippen molar-refractivity contribution in [2.45, 2.75) is 19.9 Å². The first-order valence-corrected chi connectivity index (χ1v) is 7.67. The Morgan fingerprint density at radius 1 is 1.13 bits per heavy atom. The van der Waals surface area contributed by atoms with E-state index in [-0.39, 0.29) is 12.7 Å². The zero-order chi connectivity index (χ0) is 16.1. The zero-order valence-corrected chi connectivity index (χ0v) is 13.1. The SMILES string of the molecule is Cc1ccccc1NC(=O)CCNCc1ccc2c(c1)OCO2. The summed E-state index contributed by atoms with van der Waals surface area (Å²) in [6, 6.07) is 13.6. The first-order valence-electron chi connectivity index (χ1n) is 7.67. The maximum atomic E-state index is 11.9. The Labute approximate surface area is 135 Å². The third-order valence-electron chi connectivity index (χ3n) is 3.71. The minimum atomic E-state index is 0.0116. The van der Waals surface area contributed by atoms with Gasteiger partial charge >= 0.3 is 0 Å². The molecule has 1 aliphatic heterocycles. The molecule has 1 amide bonds. The molecule has 0 saturated carbocycles. The molecule has 0 aromatic heterocycles. The molecule has 5 heteroatoms. The van der Waals surface area contributed by atoms with Gasteiger partial charge in [0, 0.05) is 25.2 Å². The van der Waals surface area contributed by atoms with Crippen LogP contribution in [0.2, 0.25) is 0 Å². The molecule has 1 aliphatic rings. The highest BCUT2D eigenvalue weighted by molar-refractivity contribution is 5.91. The van der Waals surface area contributed by atoms with Gasteiger partial charge in [0.05, 0.1) is 0 Å². The normalized spacial score (nSPS) is 12.2. The van der Waals surface area contributed by atoms with E-state index in [1.807, 2.05) is 49.4 Å². The summed E-state index contributed by atoms with van der Waals surface area (Å²) in [6.45, 7) is 3.57. The summed E-state index contributed by atoms with van der Waals surface area (Å²) in [7, 11) is 0. The average Bonchev–Trinajstić information content (AvgIpc) is 3.01. The highest BCUT2D eigenvalue weighted by Gasteiger charge is 2.12. The maximum Gasteiger partial charge on any atom is 0.231 e. The van der Waals surface area contributed by atoms with E-state index in [0.717, 1.165) is 28.3 Å². The Balaban J connectivity index is 1.41. The largest absolute Gasteiger partial charge is 0.454 e. The Hall–Kier alpha value is -2.53. The third-order valence-corrected chi connectivity index (χ3v) is 3.71. The molecular formula is C18H20N2O3. The molecule has 23 heavy (non-hydrogen) atoms. The number of benzene rings is 2. The van der Waals surface area contributed by atoms with E-state index in [4.69, 9.17) is 9.47 Å². The number of anilines is 1. The molecule has 2 N–H and O–H groups in total. The minimum Gasteiger partial charge on any atom is -0.454 e. The summed E-state index contributed by atoms with van der Waals surface area (Å²) in [6.07, 6.45) is 0.429. The van der Waals surface area contributed by atoms with Gasteiger partial charge in [0.2, 0.25) is 12.7 Å². The van der Waals surface area contributed by atoms with Crippen LogP contribution < -0.4 is 20.1 Å². The number of carbonyl (C=O) groups is 1. The molecule has 0 bridgehead atoms. The average molecular weight is 312 g/mol. The lowest BCUT2D eigenvalue weighted by molar-refractivity contribution is -0.116. The second-order valence-electron chi connectivity index (χ2n) is 5.48. The molecule has 0 aliphatic carbocycles. The maximum absolute atomic E-state index is 11.9. The van der Waals surface area contributed by atoms with Crippen LogP contribution in [0.3, 0.4) is 0 Å². The van der Waals surface area contributed by atoms with Gasteiger partial charge in [-0.3, -0.25) is 4.79 Å². The molecule has 3 rings (SSSR count). The minimum absolute atomic E-state index is 0.0116. The smallest absolute Gasteiger partial charge is 0.231 e. The van der Waals surface area contributed by atoms with Gasteiger partial charge in [-0.1, -0.05) is 24.3 Å². The molecule has 1 heterocycles. The van der Waals surface area contributed by atoms with Crippen LogP contribution in [0.1, 0.15) is 17.5 Å². The number of carbonyl (C=O) groups excluding carboxylic acids is 1. The van der Waals surface area contributed by atoms with E-state index in [2.05, 4.69) is 10.6 Å². The lowest BCUT2D eigenvalue weighted by Crippen LogP contribution is -2.21. The van der Waals surface area contributed by atoms with Crippen LogP contribution >= 0.6 is 0 Å². The van der Waals surface area contributed by atoms with Crippen LogP contribution in [-0.4, -0.2) is 19.2 Å². The van der Waals surface area contributed by atoms with Crippen molar-refractivity contribution >= 4 is 11.6 Å². The second kappa shape index (κ2) is 7.15. The Bertz CT molecular complexity index is 700. The quantitative estimate of drug-likeness (QED) is 0.805. The van der Waals surface area contributed by atoms with Crippen molar-refractivity contribution < 1.29 is 14.3 Å². The number of para-hydroxylation sites is 1. The summed E-state index contributed by atoms with van der Waals surface area (Å²) in [5, 5.41) is 6.19. The van der Waals surface area contributed by atoms with Crippen molar-refractivity contribution in [2.24, 2.45) is 0 Å². The van der Waals surface area contributed by atoms with Crippen LogP contribution in [0.15, 0.2) is 42.5 Å².